The van der Waals surface area contributed by atoms with Crippen molar-refractivity contribution in [3.8, 4) is 0 Å². The van der Waals surface area contributed by atoms with E-state index in [0.29, 0.717) is 6.61 Å². The Hall–Kier alpha value is -1.13. The SMILES string of the molecule is COC[C@@H]1CC[C@H](n2ccc(=O)cc2)O1. The molecule has 0 unspecified atom stereocenters. The molecule has 2 atom stereocenters. The molecule has 0 amide bonds. The van der Waals surface area contributed by atoms with Gasteiger partial charge in [0.2, 0.25) is 0 Å². The Morgan fingerprint density at radius 1 is 1.47 bits per heavy atom. The van der Waals surface area contributed by atoms with Gasteiger partial charge in [0, 0.05) is 31.6 Å². The molecule has 1 fully saturated rings. The van der Waals surface area contributed by atoms with Crippen LogP contribution in [-0.4, -0.2) is 24.4 Å². The van der Waals surface area contributed by atoms with Crippen molar-refractivity contribution in [3.63, 3.8) is 0 Å². The zero-order valence-electron chi connectivity index (χ0n) is 8.76. The molecule has 2 heterocycles. The van der Waals surface area contributed by atoms with Crippen molar-refractivity contribution in [2.75, 3.05) is 13.7 Å². The molecule has 0 aliphatic carbocycles. The van der Waals surface area contributed by atoms with Gasteiger partial charge in [-0.3, -0.25) is 4.79 Å². The summed E-state index contributed by atoms with van der Waals surface area (Å²) in [4.78, 5) is 10.9. The van der Waals surface area contributed by atoms with Crippen molar-refractivity contribution < 1.29 is 9.47 Å². The molecular formula is C11H15NO3. The van der Waals surface area contributed by atoms with Crippen LogP contribution >= 0.6 is 0 Å². The van der Waals surface area contributed by atoms with E-state index in [9.17, 15) is 4.79 Å². The van der Waals surface area contributed by atoms with Gasteiger partial charge in [-0.1, -0.05) is 0 Å². The van der Waals surface area contributed by atoms with Gasteiger partial charge in [-0.15, -0.1) is 0 Å². The molecule has 1 aromatic rings. The highest BCUT2D eigenvalue weighted by Crippen LogP contribution is 2.27. The molecule has 0 radical (unpaired) electrons. The second-order valence-electron chi connectivity index (χ2n) is 3.73. The lowest BCUT2D eigenvalue weighted by atomic mass is 10.2. The van der Waals surface area contributed by atoms with E-state index in [2.05, 4.69) is 0 Å². The van der Waals surface area contributed by atoms with Crippen molar-refractivity contribution in [3.05, 3.63) is 34.7 Å². The fraction of sp³-hybridized carbons (Fsp3) is 0.545. The topological polar surface area (TPSA) is 40.5 Å². The maximum Gasteiger partial charge on any atom is 0.181 e. The summed E-state index contributed by atoms with van der Waals surface area (Å²) in [6.07, 6.45) is 5.73. The third-order valence-electron chi connectivity index (χ3n) is 2.59. The number of nitrogens with zero attached hydrogens (tertiary/aromatic N) is 1. The number of hydrogen-bond acceptors (Lipinski definition) is 3. The van der Waals surface area contributed by atoms with Crippen LogP contribution in [0.2, 0.25) is 0 Å². The average molecular weight is 209 g/mol. The molecule has 0 saturated carbocycles. The first kappa shape index (κ1) is 10.4. The molecule has 1 aromatic heterocycles. The van der Waals surface area contributed by atoms with Crippen LogP contribution < -0.4 is 5.43 Å². The van der Waals surface area contributed by atoms with Crippen molar-refractivity contribution >= 4 is 0 Å². The van der Waals surface area contributed by atoms with E-state index in [1.807, 2.05) is 4.57 Å². The number of rotatable bonds is 3. The zero-order chi connectivity index (χ0) is 10.7. The van der Waals surface area contributed by atoms with Gasteiger partial charge in [0.25, 0.3) is 0 Å². The maximum atomic E-state index is 10.9. The third kappa shape index (κ3) is 2.46. The van der Waals surface area contributed by atoms with E-state index in [0.717, 1.165) is 12.8 Å². The molecule has 0 bridgehead atoms. The van der Waals surface area contributed by atoms with E-state index >= 15 is 0 Å². The van der Waals surface area contributed by atoms with Crippen molar-refractivity contribution in [2.24, 2.45) is 0 Å². The molecule has 0 spiro atoms. The molecular weight excluding hydrogens is 194 g/mol. The van der Waals surface area contributed by atoms with Crippen LogP contribution in [0.4, 0.5) is 0 Å². The van der Waals surface area contributed by atoms with E-state index in [4.69, 9.17) is 9.47 Å². The van der Waals surface area contributed by atoms with Gasteiger partial charge in [-0.25, -0.2) is 0 Å². The molecule has 1 aliphatic rings. The van der Waals surface area contributed by atoms with E-state index in [-0.39, 0.29) is 17.8 Å². The Labute approximate surface area is 88.4 Å². The van der Waals surface area contributed by atoms with Gasteiger partial charge < -0.3 is 14.0 Å². The van der Waals surface area contributed by atoms with Gasteiger partial charge in [0.1, 0.15) is 6.23 Å². The Kier molecular flexibility index (Phi) is 3.18. The third-order valence-corrected chi connectivity index (χ3v) is 2.59. The molecule has 4 heteroatoms. The highest BCUT2D eigenvalue weighted by molar-refractivity contribution is 4.95. The molecule has 82 valence electrons. The predicted molar refractivity (Wildman–Crippen MR) is 55.7 cm³/mol. The first-order chi connectivity index (χ1) is 7.29. The van der Waals surface area contributed by atoms with Gasteiger partial charge in [0.05, 0.1) is 12.7 Å². The van der Waals surface area contributed by atoms with E-state index in [1.165, 1.54) is 0 Å². The monoisotopic (exact) mass is 209 g/mol. The minimum Gasteiger partial charge on any atom is -0.382 e. The van der Waals surface area contributed by atoms with E-state index < -0.39 is 0 Å². The normalized spacial score (nSPS) is 25.7. The summed E-state index contributed by atoms with van der Waals surface area (Å²) >= 11 is 0. The summed E-state index contributed by atoms with van der Waals surface area (Å²) in [5.41, 5.74) is 0.0256. The lowest BCUT2D eigenvalue weighted by Crippen LogP contribution is -2.16. The fourth-order valence-corrected chi connectivity index (χ4v) is 1.83. The van der Waals surface area contributed by atoms with Crippen LogP contribution in [-0.2, 0) is 9.47 Å². The average Bonchev–Trinajstić information content (AvgIpc) is 2.68. The number of pyridine rings is 1. The summed E-state index contributed by atoms with van der Waals surface area (Å²) in [6.45, 7) is 0.636. The summed E-state index contributed by atoms with van der Waals surface area (Å²) in [7, 11) is 1.68. The first-order valence-electron chi connectivity index (χ1n) is 5.12. The van der Waals surface area contributed by atoms with Crippen LogP contribution in [0.5, 0.6) is 0 Å². The van der Waals surface area contributed by atoms with Crippen LogP contribution in [0.15, 0.2) is 29.3 Å². The number of aromatic nitrogens is 1. The van der Waals surface area contributed by atoms with Crippen LogP contribution in [0.1, 0.15) is 19.1 Å². The summed E-state index contributed by atoms with van der Waals surface area (Å²) < 4.78 is 12.7. The molecule has 0 aromatic carbocycles. The smallest absolute Gasteiger partial charge is 0.181 e. The molecule has 1 saturated heterocycles. The largest absolute Gasteiger partial charge is 0.382 e. The van der Waals surface area contributed by atoms with Crippen molar-refractivity contribution in [1.29, 1.82) is 0 Å². The second-order valence-corrected chi connectivity index (χ2v) is 3.73. The van der Waals surface area contributed by atoms with Crippen LogP contribution in [0.25, 0.3) is 0 Å². The second kappa shape index (κ2) is 4.59. The van der Waals surface area contributed by atoms with Crippen LogP contribution in [0, 0.1) is 0 Å². The Morgan fingerprint density at radius 2 is 2.20 bits per heavy atom. The Balaban J connectivity index is 2.01. The fourth-order valence-electron chi connectivity index (χ4n) is 1.83. The van der Waals surface area contributed by atoms with Crippen molar-refractivity contribution in [1.82, 2.24) is 4.57 Å². The quantitative estimate of drug-likeness (QED) is 0.750. The standard InChI is InChI=1S/C11H15NO3/c1-14-8-10-2-3-11(15-10)12-6-4-9(13)5-7-12/h4-7,10-11H,2-3,8H2,1H3/t10-,11+/m0/s1. The van der Waals surface area contributed by atoms with Gasteiger partial charge >= 0.3 is 0 Å². The van der Waals surface area contributed by atoms with Gasteiger partial charge in [-0.05, 0) is 12.8 Å². The minimum absolute atomic E-state index is 0.0256. The minimum atomic E-state index is 0.0256. The molecule has 1 aliphatic heterocycles. The predicted octanol–water partition coefficient (Wildman–Crippen LogP) is 1.17. The van der Waals surface area contributed by atoms with E-state index in [1.54, 1.807) is 31.6 Å². The zero-order valence-corrected chi connectivity index (χ0v) is 8.76. The lowest BCUT2D eigenvalue weighted by Gasteiger charge is -2.15. The maximum absolute atomic E-state index is 10.9. The highest BCUT2D eigenvalue weighted by atomic mass is 16.5. The number of methoxy groups -OCH3 is 1. The summed E-state index contributed by atoms with van der Waals surface area (Å²) in [6, 6.07) is 3.10. The molecule has 15 heavy (non-hydrogen) atoms. The van der Waals surface area contributed by atoms with Gasteiger partial charge in [-0.2, -0.15) is 0 Å². The lowest BCUT2D eigenvalue weighted by molar-refractivity contribution is -0.0317. The Morgan fingerprint density at radius 3 is 2.87 bits per heavy atom. The molecule has 4 nitrogen and oxygen atoms in total. The van der Waals surface area contributed by atoms with Crippen molar-refractivity contribution in [2.45, 2.75) is 25.2 Å². The molecule has 0 N–H and O–H groups in total. The number of hydrogen-bond donors (Lipinski definition) is 0. The highest BCUT2D eigenvalue weighted by Gasteiger charge is 2.25. The summed E-state index contributed by atoms with van der Waals surface area (Å²) in [5, 5.41) is 0. The first-order valence-corrected chi connectivity index (χ1v) is 5.12. The number of ether oxygens (including phenoxy) is 2. The van der Waals surface area contributed by atoms with Crippen LogP contribution in [0.3, 0.4) is 0 Å². The summed E-state index contributed by atoms with van der Waals surface area (Å²) in [5.74, 6) is 0. The Bertz CT molecular complexity index is 354. The van der Waals surface area contributed by atoms with Gasteiger partial charge in [0.15, 0.2) is 5.43 Å². The molecule has 2 rings (SSSR count).